The Morgan fingerprint density at radius 2 is 1.62 bits per heavy atom. The Balaban J connectivity index is 3.50. The van der Waals surface area contributed by atoms with E-state index < -0.39 is 5.41 Å². The van der Waals surface area contributed by atoms with E-state index in [2.05, 4.69) is 15.9 Å². The molecule has 0 aliphatic carbocycles. The van der Waals surface area contributed by atoms with Crippen LogP contribution in [0.15, 0.2) is 16.6 Å². The van der Waals surface area contributed by atoms with Gasteiger partial charge in [-0.3, -0.25) is 0 Å². The number of methoxy groups -OCH3 is 2. The first kappa shape index (κ1) is 13.0. The van der Waals surface area contributed by atoms with Crippen molar-refractivity contribution in [3.63, 3.8) is 0 Å². The summed E-state index contributed by atoms with van der Waals surface area (Å²) in [6.45, 7) is 3.66. The molecule has 0 unspecified atom stereocenters. The van der Waals surface area contributed by atoms with E-state index in [4.69, 9.17) is 9.47 Å². The van der Waals surface area contributed by atoms with Gasteiger partial charge in [0.2, 0.25) is 0 Å². The van der Waals surface area contributed by atoms with Crippen molar-refractivity contribution >= 4 is 22.2 Å². The first-order valence-corrected chi connectivity index (χ1v) is 5.64. The van der Waals surface area contributed by atoms with E-state index in [0.717, 1.165) is 16.3 Å². The highest BCUT2D eigenvalue weighted by atomic mass is 79.9. The summed E-state index contributed by atoms with van der Waals surface area (Å²) in [7, 11) is 3.15. The van der Waals surface area contributed by atoms with Gasteiger partial charge in [-0.1, -0.05) is 15.9 Å². The second-order valence-electron chi connectivity index (χ2n) is 4.02. The van der Waals surface area contributed by atoms with Gasteiger partial charge in [-0.05, 0) is 26.0 Å². The molecule has 0 spiro atoms. The molecule has 0 saturated heterocycles. The maximum atomic E-state index is 11.1. The van der Waals surface area contributed by atoms with Crippen LogP contribution in [-0.4, -0.2) is 20.5 Å². The number of rotatable bonds is 4. The number of ether oxygens (including phenoxy) is 2. The van der Waals surface area contributed by atoms with Crippen molar-refractivity contribution in [2.24, 2.45) is 0 Å². The molecule has 0 aliphatic heterocycles. The zero-order valence-electron chi connectivity index (χ0n) is 9.83. The van der Waals surface area contributed by atoms with Gasteiger partial charge < -0.3 is 14.3 Å². The van der Waals surface area contributed by atoms with Crippen LogP contribution in [0.1, 0.15) is 19.4 Å². The minimum absolute atomic E-state index is 0.641. The minimum atomic E-state index is -0.641. The van der Waals surface area contributed by atoms with Gasteiger partial charge in [0.15, 0.2) is 0 Å². The van der Waals surface area contributed by atoms with Crippen molar-refractivity contribution in [3.8, 4) is 11.5 Å². The highest BCUT2D eigenvalue weighted by molar-refractivity contribution is 9.10. The van der Waals surface area contributed by atoms with E-state index in [0.29, 0.717) is 11.5 Å². The summed E-state index contributed by atoms with van der Waals surface area (Å²) in [6.07, 6.45) is 0.890. The molecule has 1 rings (SSSR count). The lowest BCUT2D eigenvalue weighted by Gasteiger charge is -2.23. The number of carbonyl (C=O) groups is 1. The number of hydrogen-bond acceptors (Lipinski definition) is 3. The van der Waals surface area contributed by atoms with Gasteiger partial charge in [0.25, 0.3) is 0 Å². The van der Waals surface area contributed by atoms with Crippen molar-refractivity contribution < 1.29 is 14.3 Å². The number of halogens is 1. The van der Waals surface area contributed by atoms with E-state index in [1.807, 2.05) is 26.0 Å². The molecule has 0 aliphatic rings. The molecule has 0 saturated carbocycles. The molecule has 0 amide bonds. The third-order valence-electron chi connectivity index (χ3n) is 2.41. The highest BCUT2D eigenvalue weighted by Gasteiger charge is 2.28. The minimum Gasteiger partial charge on any atom is -0.496 e. The molecule has 4 heteroatoms. The second-order valence-corrected chi connectivity index (χ2v) is 4.94. The van der Waals surface area contributed by atoms with Crippen LogP contribution in [0, 0.1) is 0 Å². The van der Waals surface area contributed by atoms with Crippen molar-refractivity contribution in [2.45, 2.75) is 19.3 Å². The lowest BCUT2D eigenvalue weighted by molar-refractivity contribution is -0.111. The normalized spacial score (nSPS) is 11.1. The van der Waals surface area contributed by atoms with Crippen LogP contribution in [-0.2, 0) is 10.2 Å². The predicted molar refractivity (Wildman–Crippen MR) is 66.3 cm³/mol. The molecule has 1 aromatic carbocycles. The Labute approximate surface area is 104 Å². The molecule has 0 fully saturated rings. The zero-order chi connectivity index (χ0) is 12.3. The molecule has 0 aromatic heterocycles. The summed E-state index contributed by atoms with van der Waals surface area (Å²) in [5.74, 6) is 1.28. The van der Waals surface area contributed by atoms with Crippen molar-refractivity contribution in [1.29, 1.82) is 0 Å². The summed E-state index contributed by atoms with van der Waals surface area (Å²) in [5, 5.41) is 0. The van der Waals surface area contributed by atoms with Gasteiger partial charge in [0.05, 0.1) is 19.6 Å². The van der Waals surface area contributed by atoms with Crippen LogP contribution in [0.3, 0.4) is 0 Å². The molecule has 0 radical (unpaired) electrons. The fourth-order valence-corrected chi connectivity index (χ4v) is 1.99. The SMILES string of the molecule is COc1cc(Br)cc(OC)c1C(C)(C)C=O. The van der Waals surface area contributed by atoms with Crippen LogP contribution < -0.4 is 9.47 Å². The van der Waals surface area contributed by atoms with Gasteiger partial charge in [-0.2, -0.15) is 0 Å². The van der Waals surface area contributed by atoms with Crippen LogP contribution >= 0.6 is 15.9 Å². The third kappa shape index (κ3) is 2.38. The quantitative estimate of drug-likeness (QED) is 0.799. The molecule has 88 valence electrons. The lowest BCUT2D eigenvalue weighted by Crippen LogP contribution is -2.21. The van der Waals surface area contributed by atoms with Crippen LogP contribution in [0.5, 0.6) is 11.5 Å². The third-order valence-corrected chi connectivity index (χ3v) is 2.87. The van der Waals surface area contributed by atoms with Crippen LogP contribution in [0.25, 0.3) is 0 Å². The summed E-state index contributed by atoms with van der Waals surface area (Å²) in [5.41, 5.74) is 0.118. The Hall–Kier alpha value is -1.03. The molecular weight excluding hydrogens is 272 g/mol. The number of carbonyl (C=O) groups excluding carboxylic acids is 1. The van der Waals surface area contributed by atoms with E-state index in [-0.39, 0.29) is 0 Å². The monoisotopic (exact) mass is 286 g/mol. The summed E-state index contributed by atoms with van der Waals surface area (Å²) in [4.78, 5) is 11.1. The number of hydrogen-bond donors (Lipinski definition) is 0. The van der Waals surface area contributed by atoms with Gasteiger partial charge in [0, 0.05) is 10.0 Å². The van der Waals surface area contributed by atoms with Crippen molar-refractivity contribution in [2.75, 3.05) is 14.2 Å². The average Bonchev–Trinajstić information content (AvgIpc) is 2.27. The van der Waals surface area contributed by atoms with Gasteiger partial charge in [0.1, 0.15) is 17.8 Å². The summed E-state index contributed by atoms with van der Waals surface area (Å²) < 4.78 is 11.4. The molecule has 0 bridgehead atoms. The fraction of sp³-hybridized carbons (Fsp3) is 0.417. The topological polar surface area (TPSA) is 35.5 Å². The molecule has 0 atom stereocenters. The molecular formula is C12H15BrO3. The zero-order valence-corrected chi connectivity index (χ0v) is 11.4. The maximum Gasteiger partial charge on any atom is 0.130 e. The standard InChI is InChI=1S/C12H15BrO3/c1-12(2,7-14)11-9(15-3)5-8(13)6-10(11)16-4/h5-7H,1-4H3. The van der Waals surface area contributed by atoms with E-state index >= 15 is 0 Å². The van der Waals surface area contributed by atoms with Crippen molar-refractivity contribution in [3.05, 3.63) is 22.2 Å². The average molecular weight is 287 g/mol. The smallest absolute Gasteiger partial charge is 0.130 e. The fourth-order valence-electron chi connectivity index (χ4n) is 1.57. The lowest BCUT2D eigenvalue weighted by atomic mass is 9.85. The Morgan fingerprint density at radius 1 is 1.19 bits per heavy atom. The van der Waals surface area contributed by atoms with E-state index in [1.54, 1.807) is 14.2 Å². The van der Waals surface area contributed by atoms with Gasteiger partial charge in [-0.15, -0.1) is 0 Å². The summed E-state index contributed by atoms with van der Waals surface area (Å²) >= 11 is 3.37. The molecule has 16 heavy (non-hydrogen) atoms. The molecule has 1 aromatic rings. The Morgan fingerprint density at radius 3 is 1.94 bits per heavy atom. The maximum absolute atomic E-state index is 11.1. The van der Waals surface area contributed by atoms with Gasteiger partial charge in [-0.25, -0.2) is 0 Å². The first-order valence-electron chi connectivity index (χ1n) is 4.84. The van der Waals surface area contributed by atoms with Gasteiger partial charge >= 0.3 is 0 Å². The number of aldehydes is 1. The largest absolute Gasteiger partial charge is 0.496 e. The van der Waals surface area contributed by atoms with Crippen LogP contribution in [0.2, 0.25) is 0 Å². The Kier molecular flexibility index (Phi) is 3.97. The summed E-state index contributed by atoms with van der Waals surface area (Å²) in [6, 6.07) is 3.65. The van der Waals surface area contributed by atoms with E-state index in [1.165, 1.54) is 0 Å². The van der Waals surface area contributed by atoms with Crippen LogP contribution in [0.4, 0.5) is 0 Å². The highest BCUT2D eigenvalue weighted by Crippen LogP contribution is 2.40. The van der Waals surface area contributed by atoms with Crippen molar-refractivity contribution in [1.82, 2.24) is 0 Å². The van der Waals surface area contributed by atoms with E-state index in [9.17, 15) is 4.79 Å². The first-order chi connectivity index (χ1) is 7.46. The Bertz CT molecular complexity index is 374. The number of benzene rings is 1. The molecule has 0 N–H and O–H groups in total. The molecule has 0 heterocycles. The predicted octanol–water partition coefficient (Wildman–Crippen LogP) is 2.94. The molecule has 3 nitrogen and oxygen atoms in total. The second kappa shape index (κ2) is 4.87.